The highest BCUT2D eigenvalue weighted by atomic mass is 32.2. The van der Waals surface area contributed by atoms with Crippen LogP contribution in [0.1, 0.15) is 13.3 Å². The molecule has 0 bridgehead atoms. The molecule has 0 aliphatic heterocycles. The van der Waals surface area contributed by atoms with Crippen molar-refractivity contribution in [3.8, 4) is 0 Å². The Morgan fingerprint density at radius 1 is 1.56 bits per heavy atom. The molecule has 0 saturated heterocycles. The van der Waals surface area contributed by atoms with Gasteiger partial charge in [-0.15, -0.1) is 0 Å². The Kier molecular flexibility index (Phi) is 5.09. The average molecular weight is 155 g/mol. The molecular weight excluding hydrogens is 144 g/mol. The minimum Gasteiger partial charge on any atom is -0.328 e. The number of nitrogens with two attached hydrogens (primary N) is 1. The molecule has 56 valence electrons. The monoisotopic (exact) mass is 155 g/mol. The van der Waals surface area contributed by atoms with Gasteiger partial charge in [0.05, 0.1) is 0 Å². The topological polar surface area (TPSA) is 26.0 Å². The number of hydrogen-bond donors (Lipinski definition) is 1. The minimum absolute atomic E-state index is 0.0382. The van der Waals surface area contributed by atoms with Crippen molar-refractivity contribution < 1.29 is 8.78 Å². The van der Waals surface area contributed by atoms with Gasteiger partial charge in [0.2, 0.25) is 0 Å². The van der Waals surface area contributed by atoms with E-state index in [4.69, 9.17) is 5.73 Å². The first-order valence-electron chi connectivity index (χ1n) is 2.78. The van der Waals surface area contributed by atoms with Crippen LogP contribution in [-0.4, -0.2) is 17.6 Å². The fraction of sp³-hybridized carbons (Fsp3) is 1.00. The summed E-state index contributed by atoms with van der Waals surface area (Å²) >= 11 is 0.646. The molecule has 0 amide bonds. The van der Waals surface area contributed by atoms with Crippen LogP contribution < -0.4 is 5.73 Å². The van der Waals surface area contributed by atoms with E-state index in [-0.39, 0.29) is 6.04 Å². The lowest BCUT2D eigenvalue weighted by Gasteiger charge is -2.02. The first kappa shape index (κ1) is 9.17. The number of rotatable bonds is 4. The van der Waals surface area contributed by atoms with Crippen LogP contribution in [0.3, 0.4) is 0 Å². The molecule has 1 unspecified atom stereocenters. The third-order valence-corrected chi connectivity index (χ3v) is 1.54. The van der Waals surface area contributed by atoms with Crippen molar-refractivity contribution in [2.24, 2.45) is 5.73 Å². The summed E-state index contributed by atoms with van der Waals surface area (Å²) in [5, 5.41) is 0. The van der Waals surface area contributed by atoms with Crippen molar-refractivity contribution >= 4 is 11.8 Å². The van der Waals surface area contributed by atoms with Gasteiger partial charge in [-0.05, 0) is 13.3 Å². The molecule has 0 spiro atoms. The smallest absolute Gasteiger partial charge is 0.284 e. The Bertz CT molecular complexity index is 60.0. The van der Waals surface area contributed by atoms with Gasteiger partial charge in [-0.3, -0.25) is 0 Å². The van der Waals surface area contributed by atoms with E-state index in [1.54, 1.807) is 0 Å². The second-order valence-electron chi connectivity index (χ2n) is 1.90. The summed E-state index contributed by atoms with van der Waals surface area (Å²) < 4.78 is 22.8. The Balaban J connectivity index is 2.91. The maximum atomic E-state index is 11.4. The van der Waals surface area contributed by atoms with Crippen LogP contribution in [-0.2, 0) is 0 Å². The predicted octanol–water partition coefficient (Wildman–Crippen LogP) is 1.68. The number of alkyl halides is 2. The van der Waals surface area contributed by atoms with E-state index in [0.29, 0.717) is 23.9 Å². The van der Waals surface area contributed by atoms with Crippen LogP contribution in [0.2, 0.25) is 0 Å². The Labute approximate surface area is 58.0 Å². The molecule has 0 heterocycles. The highest BCUT2D eigenvalue weighted by Crippen LogP contribution is 2.14. The van der Waals surface area contributed by atoms with Gasteiger partial charge >= 0.3 is 0 Å². The lowest BCUT2D eigenvalue weighted by molar-refractivity contribution is 0.252. The lowest BCUT2D eigenvalue weighted by atomic mass is 10.3. The molecule has 0 saturated carbocycles. The first-order valence-corrected chi connectivity index (χ1v) is 3.83. The fourth-order valence-corrected chi connectivity index (χ4v) is 1.03. The van der Waals surface area contributed by atoms with Gasteiger partial charge in [-0.25, -0.2) is 0 Å². The SMILES string of the molecule is CC(N)CCSC(F)F. The summed E-state index contributed by atoms with van der Waals surface area (Å²) in [5.74, 6) is -1.79. The molecule has 1 nitrogen and oxygen atoms in total. The van der Waals surface area contributed by atoms with E-state index >= 15 is 0 Å². The van der Waals surface area contributed by atoms with E-state index < -0.39 is 5.76 Å². The minimum atomic E-state index is -2.25. The van der Waals surface area contributed by atoms with E-state index in [1.165, 1.54) is 0 Å². The molecule has 0 aliphatic rings. The summed E-state index contributed by atoms with van der Waals surface area (Å²) in [5.41, 5.74) is 5.32. The lowest BCUT2D eigenvalue weighted by Crippen LogP contribution is -2.15. The fourth-order valence-electron chi connectivity index (χ4n) is 0.343. The highest BCUT2D eigenvalue weighted by molar-refractivity contribution is 7.99. The molecule has 1 atom stereocenters. The number of thioether (sulfide) groups is 1. The maximum Gasteiger partial charge on any atom is 0.284 e. The van der Waals surface area contributed by atoms with E-state index in [9.17, 15) is 8.78 Å². The van der Waals surface area contributed by atoms with Crippen LogP contribution >= 0.6 is 11.8 Å². The first-order chi connectivity index (χ1) is 4.13. The molecule has 0 rings (SSSR count). The molecule has 0 aromatic carbocycles. The molecule has 4 heteroatoms. The van der Waals surface area contributed by atoms with Gasteiger partial charge in [-0.1, -0.05) is 11.8 Å². The molecule has 9 heavy (non-hydrogen) atoms. The zero-order chi connectivity index (χ0) is 7.28. The highest BCUT2D eigenvalue weighted by Gasteiger charge is 2.02. The number of halogens is 2. The molecular formula is C5H11F2NS. The third-order valence-electron chi connectivity index (χ3n) is 0.817. The maximum absolute atomic E-state index is 11.4. The van der Waals surface area contributed by atoms with Gasteiger partial charge in [-0.2, -0.15) is 8.78 Å². The van der Waals surface area contributed by atoms with Gasteiger partial charge in [0.15, 0.2) is 0 Å². The van der Waals surface area contributed by atoms with Gasteiger partial charge < -0.3 is 5.73 Å². The van der Waals surface area contributed by atoms with Gasteiger partial charge in [0.1, 0.15) is 0 Å². The average Bonchev–Trinajstić information content (AvgIpc) is 1.63. The standard InChI is InChI=1S/C5H11F2NS/c1-4(8)2-3-9-5(6)7/h4-5H,2-3,8H2,1H3. The second-order valence-corrected chi connectivity index (χ2v) is 3.00. The summed E-state index contributed by atoms with van der Waals surface area (Å²) in [6, 6.07) is 0.0382. The van der Waals surface area contributed by atoms with Crippen molar-refractivity contribution in [1.29, 1.82) is 0 Å². The second kappa shape index (κ2) is 4.99. The Hall–Kier alpha value is 0.170. The quantitative estimate of drug-likeness (QED) is 0.668. The largest absolute Gasteiger partial charge is 0.328 e. The van der Waals surface area contributed by atoms with E-state index in [1.807, 2.05) is 6.92 Å². The van der Waals surface area contributed by atoms with Crippen molar-refractivity contribution in [2.45, 2.75) is 25.1 Å². The van der Waals surface area contributed by atoms with Crippen molar-refractivity contribution in [2.75, 3.05) is 5.75 Å². The van der Waals surface area contributed by atoms with E-state index in [0.717, 1.165) is 0 Å². The van der Waals surface area contributed by atoms with Crippen LogP contribution in [0.5, 0.6) is 0 Å². The summed E-state index contributed by atoms with van der Waals surface area (Å²) in [7, 11) is 0. The third kappa shape index (κ3) is 8.17. The Morgan fingerprint density at radius 2 is 2.11 bits per heavy atom. The zero-order valence-corrected chi connectivity index (χ0v) is 6.13. The van der Waals surface area contributed by atoms with Crippen LogP contribution in [0.25, 0.3) is 0 Å². The van der Waals surface area contributed by atoms with Crippen LogP contribution in [0.4, 0.5) is 8.78 Å². The van der Waals surface area contributed by atoms with Crippen molar-refractivity contribution in [3.05, 3.63) is 0 Å². The normalized spacial score (nSPS) is 14.3. The summed E-state index contributed by atoms with van der Waals surface area (Å²) in [4.78, 5) is 0. The van der Waals surface area contributed by atoms with Gasteiger partial charge in [0, 0.05) is 11.8 Å². The van der Waals surface area contributed by atoms with Crippen LogP contribution in [0.15, 0.2) is 0 Å². The molecule has 0 aromatic heterocycles. The molecule has 0 fully saturated rings. The predicted molar refractivity (Wildman–Crippen MR) is 36.7 cm³/mol. The zero-order valence-electron chi connectivity index (χ0n) is 5.31. The molecule has 2 N–H and O–H groups in total. The van der Waals surface area contributed by atoms with Gasteiger partial charge in [0.25, 0.3) is 5.76 Å². The summed E-state index contributed by atoms with van der Waals surface area (Å²) in [6.07, 6.45) is 0.662. The van der Waals surface area contributed by atoms with Crippen molar-refractivity contribution in [3.63, 3.8) is 0 Å². The summed E-state index contributed by atoms with van der Waals surface area (Å²) in [6.45, 7) is 1.81. The molecule has 0 aliphatic carbocycles. The molecule has 0 radical (unpaired) electrons. The van der Waals surface area contributed by atoms with Crippen molar-refractivity contribution in [1.82, 2.24) is 0 Å². The Morgan fingerprint density at radius 3 is 2.44 bits per heavy atom. The van der Waals surface area contributed by atoms with E-state index in [2.05, 4.69) is 0 Å². The molecule has 0 aromatic rings. The number of hydrogen-bond acceptors (Lipinski definition) is 2. The van der Waals surface area contributed by atoms with Crippen LogP contribution in [0, 0.1) is 0 Å².